The average molecular weight is 392 g/mol. The summed E-state index contributed by atoms with van der Waals surface area (Å²) < 4.78 is 5.24. The molecule has 0 bridgehead atoms. The zero-order valence-electron chi connectivity index (χ0n) is 16.0. The van der Waals surface area contributed by atoms with Gasteiger partial charge in [0, 0.05) is 46.0 Å². The second kappa shape index (κ2) is 6.38. The third-order valence-electron chi connectivity index (χ3n) is 5.36. The molecule has 0 aliphatic carbocycles. The number of pyridine rings is 3. The fourth-order valence-corrected chi connectivity index (χ4v) is 3.81. The minimum absolute atomic E-state index is 0.838. The van der Waals surface area contributed by atoms with E-state index in [0.717, 1.165) is 61.3 Å². The number of aromatic nitrogens is 6. The smallest absolute Gasteiger partial charge is 0.116 e. The first-order chi connectivity index (χ1) is 14.8. The summed E-state index contributed by atoms with van der Waals surface area (Å²) in [5, 5.41) is 9.66. The standard InChI is InChI=1S/C23H16N6O/c1-13-2-5-24-10-17(13)19-8-16-21(11-26-19)28-29-23(16)20-9-15-18(27-20)3-6-25-22(15)14-4-7-30-12-14/h2-12,27H,1H3,(H,28,29). The maximum Gasteiger partial charge on any atom is 0.116 e. The highest BCUT2D eigenvalue weighted by atomic mass is 16.3. The molecule has 0 aliphatic rings. The molecule has 7 nitrogen and oxygen atoms in total. The van der Waals surface area contributed by atoms with Crippen molar-refractivity contribution in [3.8, 4) is 33.9 Å². The average Bonchev–Trinajstić information content (AvgIpc) is 3.51. The van der Waals surface area contributed by atoms with Crippen LogP contribution in [0.2, 0.25) is 0 Å². The van der Waals surface area contributed by atoms with Gasteiger partial charge in [-0.3, -0.25) is 20.1 Å². The minimum atomic E-state index is 0.838. The van der Waals surface area contributed by atoms with Crippen LogP contribution in [0.15, 0.2) is 72.1 Å². The molecule has 6 heterocycles. The molecular formula is C23H16N6O. The number of fused-ring (bicyclic) bond motifs is 2. The van der Waals surface area contributed by atoms with Crippen molar-refractivity contribution in [1.29, 1.82) is 0 Å². The summed E-state index contributed by atoms with van der Waals surface area (Å²) in [5.41, 5.74) is 8.43. The number of furan rings is 1. The number of nitrogens with zero attached hydrogens (tertiary/aromatic N) is 4. The monoisotopic (exact) mass is 392 g/mol. The van der Waals surface area contributed by atoms with Gasteiger partial charge >= 0.3 is 0 Å². The van der Waals surface area contributed by atoms with Crippen molar-refractivity contribution < 1.29 is 4.42 Å². The van der Waals surface area contributed by atoms with Crippen LogP contribution in [0.5, 0.6) is 0 Å². The van der Waals surface area contributed by atoms with Gasteiger partial charge in [0.1, 0.15) is 5.69 Å². The molecule has 0 atom stereocenters. The van der Waals surface area contributed by atoms with E-state index in [1.807, 2.05) is 30.6 Å². The van der Waals surface area contributed by atoms with E-state index in [-0.39, 0.29) is 0 Å². The van der Waals surface area contributed by atoms with E-state index in [1.165, 1.54) is 0 Å². The summed E-state index contributed by atoms with van der Waals surface area (Å²) >= 11 is 0. The molecule has 6 aromatic rings. The molecule has 6 aromatic heterocycles. The lowest BCUT2D eigenvalue weighted by atomic mass is 10.1. The van der Waals surface area contributed by atoms with Gasteiger partial charge in [-0.25, -0.2) is 0 Å². The second-order valence-electron chi connectivity index (χ2n) is 7.19. The molecule has 0 amide bonds. The Hall–Kier alpha value is -4.26. The molecule has 0 spiro atoms. The summed E-state index contributed by atoms with van der Waals surface area (Å²) in [6, 6.07) is 9.99. The number of aromatic amines is 2. The van der Waals surface area contributed by atoms with Gasteiger partial charge in [0.05, 0.1) is 41.3 Å². The molecule has 6 rings (SSSR count). The molecule has 0 saturated heterocycles. The maximum atomic E-state index is 5.24. The Morgan fingerprint density at radius 1 is 0.900 bits per heavy atom. The van der Waals surface area contributed by atoms with Gasteiger partial charge in [0.15, 0.2) is 0 Å². The molecular weight excluding hydrogens is 376 g/mol. The predicted octanol–water partition coefficient (Wildman–Crippen LogP) is 5.13. The van der Waals surface area contributed by atoms with E-state index in [9.17, 15) is 0 Å². The van der Waals surface area contributed by atoms with Crippen LogP contribution in [0.1, 0.15) is 5.56 Å². The van der Waals surface area contributed by atoms with Crippen LogP contribution in [0.3, 0.4) is 0 Å². The summed E-state index contributed by atoms with van der Waals surface area (Å²) in [5.74, 6) is 0. The molecule has 0 aliphatic heterocycles. The lowest BCUT2D eigenvalue weighted by molar-refractivity contribution is 0.568. The number of hydrogen-bond donors (Lipinski definition) is 2. The third kappa shape index (κ3) is 2.52. The summed E-state index contributed by atoms with van der Waals surface area (Å²) in [4.78, 5) is 16.9. The fraction of sp³-hybridized carbons (Fsp3) is 0.0435. The van der Waals surface area contributed by atoms with Crippen molar-refractivity contribution in [1.82, 2.24) is 30.1 Å². The first-order valence-electron chi connectivity index (χ1n) is 9.54. The van der Waals surface area contributed by atoms with Gasteiger partial charge in [-0.15, -0.1) is 0 Å². The largest absolute Gasteiger partial charge is 0.472 e. The molecule has 2 N–H and O–H groups in total. The summed E-state index contributed by atoms with van der Waals surface area (Å²) in [6.45, 7) is 2.06. The van der Waals surface area contributed by atoms with E-state index in [0.29, 0.717) is 0 Å². The van der Waals surface area contributed by atoms with Crippen LogP contribution in [-0.4, -0.2) is 30.1 Å². The van der Waals surface area contributed by atoms with Crippen molar-refractivity contribution in [3.05, 3.63) is 73.2 Å². The molecule has 0 saturated carbocycles. The Bertz CT molecular complexity index is 1510. The molecule has 7 heteroatoms. The lowest BCUT2D eigenvalue weighted by Gasteiger charge is -2.04. The zero-order chi connectivity index (χ0) is 20.1. The molecule has 0 aromatic carbocycles. The second-order valence-corrected chi connectivity index (χ2v) is 7.19. The van der Waals surface area contributed by atoms with Crippen LogP contribution >= 0.6 is 0 Å². The van der Waals surface area contributed by atoms with Crippen molar-refractivity contribution >= 4 is 21.8 Å². The molecule has 30 heavy (non-hydrogen) atoms. The summed E-state index contributed by atoms with van der Waals surface area (Å²) in [6.07, 6.45) is 10.6. The Labute approximate surface area is 170 Å². The quantitative estimate of drug-likeness (QED) is 0.435. The van der Waals surface area contributed by atoms with Gasteiger partial charge in [-0.2, -0.15) is 5.10 Å². The molecule has 144 valence electrons. The third-order valence-corrected chi connectivity index (χ3v) is 5.36. The fourth-order valence-electron chi connectivity index (χ4n) is 3.81. The zero-order valence-corrected chi connectivity index (χ0v) is 16.0. The molecule has 0 fully saturated rings. The van der Waals surface area contributed by atoms with Crippen LogP contribution in [0.25, 0.3) is 55.7 Å². The van der Waals surface area contributed by atoms with E-state index in [2.05, 4.69) is 49.2 Å². The summed E-state index contributed by atoms with van der Waals surface area (Å²) in [7, 11) is 0. The van der Waals surface area contributed by atoms with Gasteiger partial charge < -0.3 is 9.40 Å². The highest BCUT2D eigenvalue weighted by Gasteiger charge is 2.16. The SMILES string of the molecule is Cc1ccncc1-c1cc2c(-c3cc4c(-c5ccoc5)nccc4[nH]3)n[nH]c2cn1. The first-order valence-corrected chi connectivity index (χ1v) is 9.54. The van der Waals surface area contributed by atoms with Crippen molar-refractivity contribution in [2.75, 3.05) is 0 Å². The van der Waals surface area contributed by atoms with Crippen molar-refractivity contribution in [3.63, 3.8) is 0 Å². The van der Waals surface area contributed by atoms with Gasteiger partial charge in [0.2, 0.25) is 0 Å². The minimum Gasteiger partial charge on any atom is -0.472 e. The number of nitrogens with one attached hydrogen (secondary N) is 2. The Balaban J connectivity index is 1.53. The van der Waals surface area contributed by atoms with E-state index >= 15 is 0 Å². The molecule has 0 radical (unpaired) electrons. The van der Waals surface area contributed by atoms with Crippen molar-refractivity contribution in [2.24, 2.45) is 0 Å². The van der Waals surface area contributed by atoms with E-state index < -0.39 is 0 Å². The first kappa shape index (κ1) is 16.7. The number of H-pyrrole nitrogens is 2. The number of aryl methyl sites for hydroxylation is 1. The van der Waals surface area contributed by atoms with Crippen LogP contribution in [0.4, 0.5) is 0 Å². The maximum absolute atomic E-state index is 5.24. The Morgan fingerprint density at radius 3 is 2.70 bits per heavy atom. The van der Waals surface area contributed by atoms with Crippen LogP contribution < -0.4 is 0 Å². The van der Waals surface area contributed by atoms with Gasteiger partial charge in [0.25, 0.3) is 0 Å². The van der Waals surface area contributed by atoms with Gasteiger partial charge in [-0.05, 0) is 42.8 Å². The van der Waals surface area contributed by atoms with Crippen molar-refractivity contribution in [2.45, 2.75) is 6.92 Å². The van der Waals surface area contributed by atoms with E-state index in [4.69, 9.17) is 4.42 Å². The number of hydrogen-bond acceptors (Lipinski definition) is 5. The highest BCUT2D eigenvalue weighted by Crippen LogP contribution is 2.34. The normalized spacial score (nSPS) is 11.5. The Morgan fingerprint density at radius 2 is 1.83 bits per heavy atom. The highest BCUT2D eigenvalue weighted by molar-refractivity contribution is 6.00. The van der Waals surface area contributed by atoms with Crippen LogP contribution in [0, 0.1) is 6.92 Å². The lowest BCUT2D eigenvalue weighted by Crippen LogP contribution is -1.88. The topological polar surface area (TPSA) is 96.3 Å². The van der Waals surface area contributed by atoms with Gasteiger partial charge in [-0.1, -0.05) is 0 Å². The predicted molar refractivity (Wildman–Crippen MR) is 115 cm³/mol. The van der Waals surface area contributed by atoms with Crippen LogP contribution in [-0.2, 0) is 0 Å². The molecule has 0 unspecified atom stereocenters. The van der Waals surface area contributed by atoms with E-state index in [1.54, 1.807) is 24.9 Å². The number of rotatable bonds is 3. The Kier molecular flexibility index (Phi) is 3.55.